The maximum atomic E-state index is 15.2. The zero-order chi connectivity index (χ0) is 21.4. The van der Waals surface area contributed by atoms with Crippen LogP contribution in [0.2, 0.25) is 0 Å². The van der Waals surface area contributed by atoms with E-state index in [0.717, 1.165) is 0 Å². The number of hydrogen-bond acceptors (Lipinski definition) is 4. The number of hydrogen-bond donors (Lipinski definition) is 2. The fourth-order valence-electron chi connectivity index (χ4n) is 3.43. The Morgan fingerprint density at radius 1 is 1.23 bits per heavy atom. The topological polar surface area (TPSA) is 88.6 Å². The van der Waals surface area contributed by atoms with E-state index >= 15 is 4.39 Å². The number of rotatable bonds is 5. The molecule has 0 aliphatic rings. The Morgan fingerprint density at radius 3 is 2.70 bits per heavy atom. The lowest BCUT2D eigenvalue weighted by atomic mass is 10.0. The molecule has 30 heavy (non-hydrogen) atoms. The van der Waals surface area contributed by atoms with Crippen LogP contribution in [0.25, 0.3) is 16.6 Å². The zero-order valence-corrected chi connectivity index (χ0v) is 16.4. The van der Waals surface area contributed by atoms with Crippen molar-refractivity contribution in [3.05, 3.63) is 77.6 Å². The number of fused-ring (bicyclic) bond motifs is 1. The summed E-state index contributed by atoms with van der Waals surface area (Å²) in [4.78, 5) is 24.9. The van der Waals surface area contributed by atoms with Gasteiger partial charge in [-0.15, -0.1) is 0 Å². The Balaban J connectivity index is 1.77. The summed E-state index contributed by atoms with van der Waals surface area (Å²) in [6.45, 7) is 1.10. The number of aliphatic hydroxyl groups is 1. The number of nitrogens with one attached hydrogen (secondary N) is 1. The van der Waals surface area contributed by atoms with E-state index in [9.17, 15) is 14.7 Å². The van der Waals surface area contributed by atoms with Gasteiger partial charge < -0.3 is 14.8 Å². The van der Waals surface area contributed by atoms with Crippen molar-refractivity contribution in [2.24, 2.45) is 7.05 Å². The van der Waals surface area contributed by atoms with Crippen LogP contribution in [0.4, 0.5) is 10.1 Å². The summed E-state index contributed by atoms with van der Waals surface area (Å²) in [5, 5.41) is 16.2. The highest BCUT2D eigenvalue weighted by Crippen LogP contribution is 2.30. The van der Waals surface area contributed by atoms with Crippen molar-refractivity contribution in [2.75, 3.05) is 5.32 Å². The average molecular weight is 406 g/mol. The van der Waals surface area contributed by atoms with Crippen LogP contribution in [-0.2, 0) is 13.7 Å². The van der Waals surface area contributed by atoms with Crippen molar-refractivity contribution in [3.63, 3.8) is 0 Å². The number of aliphatic hydroxyl groups excluding tert-OH is 1. The highest BCUT2D eigenvalue weighted by molar-refractivity contribution is 6.11. The Labute approximate surface area is 171 Å². The van der Waals surface area contributed by atoms with Crippen LogP contribution in [0, 0.1) is 5.82 Å². The van der Waals surface area contributed by atoms with Gasteiger partial charge in [0.25, 0.3) is 5.91 Å². The van der Waals surface area contributed by atoms with Crippen molar-refractivity contribution in [1.82, 2.24) is 14.2 Å². The lowest BCUT2D eigenvalue weighted by Crippen LogP contribution is -2.13. The fraction of sp³-hybridized carbons (Fsp3) is 0.136. The number of halogens is 1. The molecule has 0 aliphatic carbocycles. The van der Waals surface area contributed by atoms with Gasteiger partial charge in [-0.1, -0.05) is 6.07 Å². The molecule has 2 N–H and O–H groups in total. The molecule has 3 heterocycles. The Morgan fingerprint density at radius 2 is 2.03 bits per heavy atom. The van der Waals surface area contributed by atoms with Crippen molar-refractivity contribution < 1.29 is 19.1 Å². The van der Waals surface area contributed by atoms with Gasteiger partial charge in [-0.2, -0.15) is 5.10 Å². The number of Topliss-reactive ketones (excluding diaryl/α,β-unsaturated/α-hetero) is 1. The molecule has 0 fully saturated rings. The smallest absolute Gasteiger partial charge is 0.257 e. The minimum absolute atomic E-state index is 0.0648. The third-order valence-corrected chi connectivity index (χ3v) is 4.86. The highest BCUT2D eigenvalue weighted by Gasteiger charge is 2.20. The molecule has 0 atom stereocenters. The fourth-order valence-corrected chi connectivity index (χ4v) is 3.43. The molecule has 8 heteroatoms. The van der Waals surface area contributed by atoms with E-state index in [1.54, 1.807) is 42.0 Å². The third kappa shape index (κ3) is 3.37. The van der Waals surface area contributed by atoms with Gasteiger partial charge in [0.2, 0.25) is 0 Å². The molecule has 4 rings (SSSR count). The standard InChI is InChI=1S/C22H19FN4O3/c1-13(29)20-9-17(19-5-3-4-6-27(19)20)22(30)25-18-8-14(12-28)7-16(21(18)23)15-10-24-26(2)11-15/h3-11,28H,12H2,1-2H3,(H,25,30). The number of aryl methyl sites for hydroxylation is 1. The van der Waals surface area contributed by atoms with Gasteiger partial charge >= 0.3 is 0 Å². The predicted molar refractivity (Wildman–Crippen MR) is 110 cm³/mol. The van der Waals surface area contributed by atoms with Crippen molar-refractivity contribution in [2.45, 2.75) is 13.5 Å². The van der Waals surface area contributed by atoms with E-state index in [-0.39, 0.29) is 29.2 Å². The molecule has 0 radical (unpaired) electrons. The van der Waals surface area contributed by atoms with Crippen LogP contribution in [0.1, 0.15) is 33.3 Å². The van der Waals surface area contributed by atoms with Gasteiger partial charge in [0.1, 0.15) is 0 Å². The first-order chi connectivity index (χ1) is 14.4. The molecule has 0 aliphatic heterocycles. The summed E-state index contributed by atoms with van der Waals surface area (Å²) >= 11 is 0. The number of anilines is 1. The van der Waals surface area contributed by atoms with Crippen LogP contribution in [-0.4, -0.2) is 31.0 Å². The lowest BCUT2D eigenvalue weighted by Gasteiger charge is -2.11. The number of carbonyl (C=O) groups is 2. The maximum Gasteiger partial charge on any atom is 0.257 e. The lowest BCUT2D eigenvalue weighted by molar-refractivity contribution is 0.101. The second kappa shape index (κ2) is 7.57. The highest BCUT2D eigenvalue weighted by atomic mass is 19.1. The molecule has 0 bridgehead atoms. The van der Waals surface area contributed by atoms with Crippen LogP contribution < -0.4 is 5.32 Å². The van der Waals surface area contributed by atoms with Gasteiger partial charge in [0.05, 0.1) is 35.3 Å². The van der Waals surface area contributed by atoms with Crippen LogP contribution in [0.5, 0.6) is 0 Å². The molecule has 1 aromatic carbocycles. The molecule has 1 amide bonds. The molecule has 152 valence electrons. The molecule has 7 nitrogen and oxygen atoms in total. The second-order valence-corrected chi connectivity index (χ2v) is 6.98. The second-order valence-electron chi connectivity index (χ2n) is 6.98. The van der Waals surface area contributed by atoms with Gasteiger partial charge in [-0.3, -0.25) is 14.3 Å². The maximum absolute atomic E-state index is 15.2. The Bertz CT molecular complexity index is 1290. The quantitative estimate of drug-likeness (QED) is 0.497. The van der Waals surface area contributed by atoms with Gasteiger partial charge in [0.15, 0.2) is 11.6 Å². The molecule has 3 aromatic heterocycles. The van der Waals surface area contributed by atoms with Crippen LogP contribution in [0.3, 0.4) is 0 Å². The number of ketones is 1. The third-order valence-electron chi connectivity index (χ3n) is 4.86. The van der Waals surface area contributed by atoms with Gasteiger partial charge in [-0.25, -0.2) is 4.39 Å². The summed E-state index contributed by atoms with van der Waals surface area (Å²) < 4.78 is 18.4. The Hall–Kier alpha value is -3.78. The summed E-state index contributed by atoms with van der Waals surface area (Å²) in [7, 11) is 1.71. The minimum atomic E-state index is -0.635. The Kier molecular flexibility index (Phi) is 4.93. The summed E-state index contributed by atoms with van der Waals surface area (Å²) in [5.41, 5.74) is 2.26. The first-order valence-electron chi connectivity index (χ1n) is 9.23. The predicted octanol–water partition coefficient (Wildman–Crippen LogP) is 3.43. The van der Waals surface area contributed by atoms with E-state index in [4.69, 9.17) is 0 Å². The summed E-state index contributed by atoms with van der Waals surface area (Å²) in [5.74, 6) is -1.39. The van der Waals surface area contributed by atoms with Gasteiger partial charge in [-0.05, 0) is 35.9 Å². The van der Waals surface area contributed by atoms with E-state index in [1.165, 1.54) is 36.0 Å². The first kappa shape index (κ1) is 19.5. The molecular weight excluding hydrogens is 387 g/mol. The van der Waals surface area contributed by atoms with E-state index in [2.05, 4.69) is 10.4 Å². The van der Waals surface area contributed by atoms with Gasteiger partial charge in [0, 0.05) is 37.5 Å². The minimum Gasteiger partial charge on any atom is -0.392 e. The number of nitrogens with zero attached hydrogens (tertiary/aromatic N) is 3. The van der Waals surface area contributed by atoms with Crippen molar-refractivity contribution in [3.8, 4) is 11.1 Å². The number of pyridine rings is 1. The average Bonchev–Trinajstić information content (AvgIpc) is 3.33. The van der Waals surface area contributed by atoms with Crippen LogP contribution in [0.15, 0.2) is 55.0 Å². The monoisotopic (exact) mass is 406 g/mol. The molecule has 4 aromatic rings. The summed E-state index contributed by atoms with van der Waals surface area (Å²) in [6, 6.07) is 9.61. The molecule has 0 unspecified atom stereocenters. The van der Waals surface area contributed by atoms with Crippen LogP contribution >= 0.6 is 0 Å². The van der Waals surface area contributed by atoms with Crippen molar-refractivity contribution >= 4 is 22.9 Å². The van der Waals surface area contributed by atoms with E-state index in [0.29, 0.717) is 22.3 Å². The SMILES string of the molecule is CC(=O)c1cc(C(=O)Nc2cc(CO)cc(-c3cnn(C)c3)c2F)c2ccccn12. The number of aromatic nitrogens is 3. The van der Waals surface area contributed by atoms with Crippen molar-refractivity contribution in [1.29, 1.82) is 0 Å². The normalized spacial score (nSPS) is 11.1. The van der Waals surface area contributed by atoms with E-state index < -0.39 is 11.7 Å². The molecule has 0 spiro atoms. The largest absolute Gasteiger partial charge is 0.392 e. The summed E-state index contributed by atoms with van der Waals surface area (Å²) in [6.07, 6.45) is 4.84. The zero-order valence-electron chi connectivity index (χ0n) is 16.4. The number of amides is 1. The number of benzene rings is 1. The van der Waals surface area contributed by atoms with E-state index in [1.807, 2.05) is 0 Å². The molecule has 0 saturated carbocycles. The number of carbonyl (C=O) groups excluding carboxylic acids is 2. The molecule has 0 saturated heterocycles. The first-order valence-corrected chi connectivity index (χ1v) is 9.23. The molecular formula is C22H19FN4O3.